The summed E-state index contributed by atoms with van der Waals surface area (Å²) in [6, 6.07) is 0. The third-order valence-electron chi connectivity index (χ3n) is 7.74. The number of nitrogens with one attached hydrogen (secondary N) is 2. The lowest BCUT2D eigenvalue weighted by Gasteiger charge is -2.05. The molecule has 0 aliphatic heterocycles. The molecule has 0 rings (SSSR count). The highest BCUT2D eigenvalue weighted by Crippen LogP contribution is 2.11. The molecule has 46 heavy (non-hydrogen) atoms. The molecule has 0 aromatic rings. The number of carboxylic acids is 2. The van der Waals surface area contributed by atoms with Gasteiger partial charge in [-0.1, -0.05) is 129 Å². The molecule has 0 atom stereocenters. The van der Waals surface area contributed by atoms with Crippen molar-refractivity contribution < 1.29 is 39.3 Å². The Labute approximate surface area is 280 Å². The Bertz CT molecular complexity index is 705. The molecule has 0 radical (unpaired) electrons. The molecule has 0 aromatic heterocycles. The number of aliphatic carboxylic acids is 2. The van der Waals surface area contributed by atoms with Crippen molar-refractivity contribution in [3.8, 4) is 0 Å². The maximum atomic E-state index is 11.6. The van der Waals surface area contributed by atoms with Crippen LogP contribution in [0.25, 0.3) is 0 Å². The molecule has 0 fully saturated rings. The molecule has 2 amide bonds. The Kier molecular flexibility index (Phi) is 38.9. The minimum Gasteiger partial charge on any atom is -0.481 e. The predicted octanol–water partition coefficient (Wildman–Crippen LogP) is 9.20. The molecule has 0 aliphatic rings. The molecule has 0 saturated carbocycles. The zero-order chi connectivity index (χ0) is 34.4. The number of carbonyl (C=O) groups excluding carboxylic acids is 2. The van der Waals surface area contributed by atoms with E-state index < -0.39 is 11.9 Å². The van der Waals surface area contributed by atoms with E-state index in [-0.39, 0.29) is 24.7 Å². The van der Waals surface area contributed by atoms with Crippen LogP contribution in [0.1, 0.15) is 194 Å². The number of unbranched alkanes of at least 4 members (excludes halogenated alkanes) is 20. The van der Waals surface area contributed by atoms with Crippen LogP contribution in [0.4, 0.5) is 0 Å². The van der Waals surface area contributed by atoms with Crippen LogP contribution in [0, 0.1) is 0 Å². The fraction of sp³-hybridized carbons (Fsp3) is 0.889. The van der Waals surface area contributed by atoms with E-state index in [0.29, 0.717) is 45.3 Å². The number of hydroxylamine groups is 1. The highest BCUT2D eigenvalue weighted by Gasteiger charge is 2.03. The van der Waals surface area contributed by atoms with E-state index in [1.54, 1.807) is 0 Å². The van der Waals surface area contributed by atoms with E-state index in [0.717, 1.165) is 44.9 Å². The zero-order valence-electron chi connectivity index (χ0n) is 29.6. The van der Waals surface area contributed by atoms with E-state index in [1.165, 1.54) is 89.9 Å². The Morgan fingerprint density at radius 3 is 1.28 bits per heavy atom. The second-order valence-corrected chi connectivity index (χ2v) is 12.3. The van der Waals surface area contributed by atoms with E-state index in [2.05, 4.69) is 29.6 Å². The standard InChI is InChI=1S/C18H35NO5.C18H35NO3/c1-2-3-4-5-6-7-8-9-11-14-17(20)19-24-23-16-13-10-12-15-18(21)22;1-2-3-4-5-6-7-8-9-11-14-17(20)19-16-13-10-12-15-18(21)22/h2-16H2,1H3,(H,19,20)(H,21,22);2-16H2,1H3,(H,19,20)(H,21,22). The fourth-order valence-corrected chi connectivity index (χ4v) is 4.87. The summed E-state index contributed by atoms with van der Waals surface area (Å²) in [5.74, 6) is -1.55. The Morgan fingerprint density at radius 1 is 0.457 bits per heavy atom. The minimum atomic E-state index is -0.782. The normalized spacial score (nSPS) is 10.7. The van der Waals surface area contributed by atoms with E-state index >= 15 is 0 Å². The average Bonchev–Trinajstić information content (AvgIpc) is 3.02. The van der Waals surface area contributed by atoms with Gasteiger partial charge in [-0.25, -0.2) is 10.4 Å². The second-order valence-electron chi connectivity index (χ2n) is 12.3. The maximum Gasteiger partial charge on any atom is 0.303 e. The summed E-state index contributed by atoms with van der Waals surface area (Å²) in [6.07, 6.45) is 28.4. The smallest absolute Gasteiger partial charge is 0.303 e. The van der Waals surface area contributed by atoms with Crippen molar-refractivity contribution in [3.05, 3.63) is 0 Å². The lowest BCUT2D eigenvalue weighted by molar-refractivity contribution is -0.329. The van der Waals surface area contributed by atoms with Gasteiger partial charge in [0.25, 0.3) is 0 Å². The van der Waals surface area contributed by atoms with Gasteiger partial charge in [0, 0.05) is 32.2 Å². The van der Waals surface area contributed by atoms with Gasteiger partial charge in [0.15, 0.2) is 0 Å². The van der Waals surface area contributed by atoms with Gasteiger partial charge < -0.3 is 15.5 Å². The third-order valence-corrected chi connectivity index (χ3v) is 7.74. The van der Waals surface area contributed by atoms with Gasteiger partial charge in [0.1, 0.15) is 0 Å². The molecule has 0 unspecified atom stereocenters. The van der Waals surface area contributed by atoms with Crippen LogP contribution in [-0.2, 0) is 29.1 Å². The first-order valence-corrected chi connectivity index (χ1v) is 18.6. The van der Waals surface area contributed by atoms with Crippen molar-refractivity contribution in [3.63, 3.8) is 0 Å². The van der Waals surface area contributed by atoms with Gasteiger partial charge in [-0.05, 0) is 38.5 Å². The molecular formula is C36H70N2O8. The van der Waals surface area contributed by atoms with E-state index in [4.69, 9.17) is 15.1 Å². The quantitative estimate of drug-likeness (QED) is 0.0303. The van der Waals surface area contributed by atoms with Crippen LogP contribution in [-0.4, -0.2) is 47.1 Å². The molecule has 272 valence electrons. The van der Waals surface area contributed by atoms with Crippen molar-refractivity contribution in [2.45, 2.75) is 194 Å². The molecule has 0 heterocycles. The molecule has 0 aromatic carbocycles. The Morgan fingerprint density at radius 2 is 0.826 bits per heavy atom. The van der Waals surface area contributed by atoms with Crippen LogP contribution in [0.2, 0.25) is 0 Å². The number of carbonyl (C=O) groups is 4. The van der Waals surface area contributed by atoms with Gasteiger partial charge >= 0.3 is 11.9 Å². The summed E-state index contributed by atoms with van der Waals surface area (Å²) in [4.78, 5) is 53.2. The maximum absolute atomic E-state index is 11.6. The van der Waals surface area contributed by atoms with E-state index in [1.807, 2.05) is 0 Å². The molecule has 0 bridgehead atoms. The summed E-state index contributed by atoms with van der Waals surface area (Å²) in [5.41, 5.74) is 2.26. The zero-order valence-corrected chi connectivity index (χ0v) is 29.6. The second kappa shape index (κ2) is 39.0. The molecule has 10 nitrogen and oxygen atoms in total. The molecule has 10 heteroatoms. The first-order chi connectivity index (χ1) is 22.3. The lowest BCUT2D eigenvalue weighted by atomic mass is 10.1. The third kappa shape index (κ3) is 43.9. The number of amides is 2. The highest BCUT2D eigenvalue weighted by molar-refractivity contribution is 5.75. The first kappa shape index (κ1) is 45.9. The molecule has 0 saturated heterocycles. The number of carboxylic acid groups (broad SMARTS) is 2. The number of hydrogen-bond donors (Lipinski definition) is 4. The van der Waals surface area contributed by atoms with Crippen molar-refractivity contribution >= 4 is 23.8 Å². The molecule has 0 aliphatic carbocycles. The van der Waals surface area contributed by atoms with Crippen LogP contribution >= 0.6 is 0 Å². The summed E-state index contributed by atoms with van der Waals surface area (Å²) in [7, 11) is 0. The average molecular weight is 659 g/mol. The summed E-state index contributed by atoms with van der Waals surface area (Å²) in [6.45, 7) is 5.48. The lowest BCUT2D eigenvalue weighted by Crippen LogP contribution is -2.23. The summed E-state index contributed by atoms with van der Waals surface area (Å²) < 4.78 is 0. The van der Waals surface area contributed by atoms with Gasteiger partial charge in [0.05, 0.1) is 6.61 Å². The predicted molar refractivity (Wildman–Crippen MR) is 184 cm³/mol. The van der Waals surface area contributed by atoms with Crippen molar-refractivity contribution in [1.82, 2.24) is 10.8 Å². The topological polar surface area (TPSA) is 151 Å². The summed E-state index contributed by atoms with van der Waals surface area (Å²) in [5, 5.41) is 19.9. The van der Waals surface area contributed by atoms with Crippen molar-refractivity contribution in [2.24, 2.45) is 0 Å². The van der Waals surface area contributed by atoms with Crippen molar-refractivity contribution in [2.75, 3.05) is 13.2 Å². The fourth-order valence-electron chi connectivity index (χ4n) is 4.87. The number of rotatable bonds is 34. The Hall–Kier alpha value is -2.20. The SMILES string of the molecule is CCCCCCCCCCCC(=O)NCCCCCC(=O)O.CCCCCCCCCCCC(=O)NOOCCCCCC(=O)O. The van der Waals surface area contributed by atoms with Crippen LogP contribution in [0.15, 0.2) is 0 Å². The van der Waals surface area contributed by atoms with Gasteiger partial charge in [-0.2, -0.15) is 0 Å². The van der Waals surface area contributed by atoms with Crippen LogP contribution < -0.4 is 10.8 Å². The monoisotopic (exact) mass is 659 g/mol. The van der Waals surface area contributed by atoms with Gasteiger partial charge in [-0.3, -0.25) is 19.2 Å². The van der Waals surface area contributed by atoms with Crippen LogP contribution in [0.3, 0.4) is 0 Å². The first-order valence-electron chi connectivity index (χ1n) is 18.6. The van der Waals surface area contributed by atoms with Crippen molar-refractivity contribution in [1.29, 1.82) is 0 Å². The van der Waals surface area contributed by atoms with Gasteiger partial charge in [-0.15, -0.1) is 4.99 Å². The Balaban J connectivity index is 0. The molecular weight excluding hydrogens is 588 g/mol. The minimum absolute atomic E-state index is 0.140. The highest BCUT2D eigenvalue weighted by atomic mass is 17.3. The molecule has 4 N–H and O–H groups in total. The van der Waals surface area contributed by atoms with Gasteiger partial charge in [0.2, 0.25) is 11.8 Å². The van der Waals surface area contributed by atoms with Crippen LogP contribution in [0.5, 0.6) is 0 Å². The molecule has 0 spiro atoms. The summed E-state index contributed by atoms with van der Waals surface area (Å²) >= 11 is 0. The number of hydrogen-bond acceptors (Lipinski definition) is 6. The largest absolute Gasteiger partial charge is 0.481 e. The van der Waals surface area contributed by atoms with E-state index in [9.17, 15) is 19.2 Å².